The molecular weight excluding hydrogens is 255 g/mol. The summed E-state index contributed by atoms with van der Waals surface area (Å²) in [5, 5.41) is 8.64. The van der Waals surface area contributed by atoms with Gasteiger partial charge in [-0.1, -0.05) is 17.7 Å². The van der Waals surface area contributed by atoms with Crippen LogP contribution in [-0.2, 0) is 15.6 Å². The molecule has 16 heavy (non-hydrogen) atoms. The zero-order chi connectivity index (χ0) is 12.2. The summed E-state index contributed by atoms with van der Waals surface area (Å²) in [5.74, 6) is -1.23. The SMILES string of the molecule is O=S(=O)(CCCO)Cc1c(F)cccc1Cl. The van der Waals surface area contributed by atoms with Crippen LogP contribution in [0.5, 0.6) is 0 Å². The summed E-state index contributed by atoms with van der Waals surface area (Å²) in [6.07, 6.45) is 0.147. The Kier molecular flexibility index (Phi) is 4.70. The number of aliphatic hydroxyl groups excluding tert-OH is 1. The van der Waals surface area contributed by atoms with Crippen molar-refractivity contribution >= 4 is 21.4 Å². The molecule has 0 saturated heterocycles. The summed E-state index contributed by atoms with van der Waals surface area (Å²) >= 11 is 5.72. The molecule has 0 bridgehead atoms. The smallest absolute Gasteiger partial charge is 0.154 e. The Morgan fingerprint density at radius 3 is 2.62 bits per heavy atom. The highest BCUT2D eigenvalue weighted by molar-refractivity contribution is 7.90. The first kappa shape index (κ1) is 13.4. The van der Waals surface area contributed by atoms with Crippen LogP contribution in [-0.4, -0.2) is 25.9 Å². The second-order valence-corrected chi connectivity index (χ2v) is 5.96. The monoisotopic (exact) mass is 266 g/mol. The fourth-order valence-corrected chi connectivity index (χ4v) is 3.00. The van der Waals surface area contributed by atoms with E-state index in [9.17, 15) is 12.8 Å². The third-order valence-corrected chi connectivity index (χ3v) is 4.03. The summed E-state index contributed by atoms with van der Waals surface area (Å²) in [4.78, 5) is 0. The Labute approximate surface area is 98.8 Å². The van der Waals surface area contributed by atoms with Gasteiger partial charge in [0.1, 0.15) is 5.82 Å². The number of sulfone groups is 1. The molecule has 1 aromatic carbocycles. The predicted octanol–water partition coefficient (Wildman–Crippen LogP) is 1.78. The minimum absolute atomic E-state index is 0.0119. The molecule has 0 aliphatic heterocycles. The summed E-state index contributed by atoms with van der Waals surface area (Å²) < 4.78 is 36.4. The fraction of sp³-hybridized carbons (Fsp3) is 0.400. The van der Waals surface area contributed by atoms with Crippen LogP contribution in [0.25, 0.3) is 0 Å². The summed E-state index contributed by atoms with van der Waals surface area (Å²) in [6.45, 7) is -0.204. The van der Waals surface area contributed by atoms with Gasteiger partial charge in [0.2, 0.25) is 0 Å². The third-order valence-electron chi connectivity index (χ3n) is 2.04. The first-order chi connectivity index (χ1) is 7.46. The van der Waals surface area contributed by atoms with E-state index in [1.165, 1.54) is 18.2 Å². The second-order valence-electron chi connectivity index (χ2n) is 3.37. The number of benzene rings is 1. The van der Waals surface area contributed by atoms with Crippen molar-refractivity contribution < 1.29 is 17.9 Å². The molecule has 0 unspecified atom stereocenters. The lowest BCUT2D eigenvalue weighted by Gasteiger charge is -2.06. The van der Waals surface area contributed by atoms with Crippen molar-refractivity contribution in [1.82, 2.24) is 0 Å². The number of halogens is 2. The molecule has 0 radical (unpaired) electrons. The van der Waals surface area contributed by atoms with Gasteiger partial charge in [0.15, 0.2) is 9.84 Å². The van der Waals surface area contributed by atoms with Crippen LogP contribution < -0.4 is 0 Å². The van der Waals surface area contributed by atoms with Crippen molar-refractivity contribution in [3.8, 4) is 0 Å². The van der Waals surface area contributed by atoms with Crippen molar-refractivity contribution in [2.75, 3.05) is 12.4 Å². The molecule has 90 valence electrons. The van der Waals surface area contributed by atoms with Gasteiger partial charge in [-0.25, -0.2) is 12.8 Å². The Morgan fingerprint density at radius 2 is 2.06 bits per heavy atom. The fourth-order valence-electron chi connectivity index (χ4n) is 1.25. The number of rotatable bonds is 5. The summed E-state index contributed by atoms with van der Waals surface area (Å²) in [6, 6.07) is 4.03. The maximum absolute atomic E-state index is 13.3. The van der Waals surface area contributed by atoms with Gasteiger partial charge in [-0.3, -0.25) is 0 Å². The van der Waals surface area contributed by atoms with Crippen molar-refractivity contribution in [2.24, 2.45) is 0 Å². The molecule has 0 spiro atoms. The molecule has 0 aliphatic rings. The molecule has 6 heteroatoms. The number of aliphatic hydroxyl groups is 1. The molecule has 0 amide bonds. The van der Waals surface area contributed by atoms with Gasteiger partial charge in [0.05, 0.1) is 11.5 Å². The van der Waals surface area contributed by atoms with Crippen LogP contribution in [0, 0.1) is 5.82 Å². The lowest BCUT2D eigenvalue weighted by molar-refractivity contribution is 0.295. The molecule has 1 rings (SSSR count). The highest BCUT2D eigenvalue weighted by Crippen LogP contribution is 2.21. The third kappa shape index (κ3) is 3.73. The highest BCUT2D eigenvalue weighted by Gasteiger charge is 2.16. The van der Waals surface area contributed by atoms with Crippen LogP contribution in [0.4, 0.5) is 4.39 Å². The Morgan fingerprint density at radius 1 is 1.38 bits per heavy atom. The lowest BCUT2D eigenvalue weighted by Crippen LogP contribution is -2.12. The molecule has 0 heterocycles. The van der Waals surface area contributed by atoms with E-state index in [0.29, 0.717) is 0 Å². The maximum atomic E-state index is 13.3. The standard InChI is InChI=1S/C10H12ClFO3S/c11-9-3-1-4-10(12)8(9)7-16(14,15)6-2-5-13/h1,3-4,13H,2,5-7H2. The van der Waals surface area contributed by atoms with E-state index < -0.39 is 21.4 Å². The van der Waals surface area contributed by atoms with E-state index in [1.807, 2.05) is 0 Å². The van der Waals surface area contributed by atoms with E-state index in [1.54, 1.807) is 0 Å². The van der Waals surface area contributed by atoms with Crippen LogP contribution in [0.3, 0.4) is 0 Å². The van der Waals surface area contributed by atoms with Gasteiger partial charge in [0, 0.05) is 17.2 Å². The van der Waals surface area contributed by atoms with Gasteiger partial charge < -0.3 is 5.11 Å². The van der Waals surface area contributed by atoms with Gasteiger partial charge in [0.25, 0.3) is 0 Å². The normalized spacial score (nSPS) is 11.7. The minimum Gasteiger partial charge on any atom is -0.396 e. The van der Waals surface area contributed by atoms with E-state index in [-0.39, 0.29) is 29.4 Å². The Bertz CT molecular complexity index is 439. The number of hydrogen-bond acceptors (Lipinski definition) is 3. The largest absolute Gasteiger partial charge is 0.396 e. The molecule has 0 aliphatic carbocycles. The van der Waals surface area contributed by atoms with Crippen LogP contribution in [0.2, 0.25) is 5.02 Å². The van der Waals surface area contributed by atoms with E-state index in [4.69, 9.17) is 16.7 Å². The van der Waals surface area contributed by atoms with Crippen LogP contribution in [0.15, 0.2) is 18.2 Å². The average Bonchev–Trinajstić information content (AvgIpc) is 2.21. The van der Waals surface area contributed by atoms with Crippen LogP contribution in [0.1, 0.15) is 12.0 Å². The Balaban J connectivity index is 2.88. The second kappa shape index (κ2) is 5.61. The van der Waals surface area contributed by atoms with Gasteiger partial charge >= 0.3 is 0 Å². The Hall–Kier alpha value is -0.650. The quantitative estimate of drug-likeness (QED) is 0.884. The van der Waals surface area contributed by atoms with Crippen LogP contribution >= 0.6 is 11.6 Å². The molecule has 0 aromatic heterocycles. The maximum Gasteiger partial charge on any atom is 0.154 e. The number of hydrogen-bond donors (Lipinski definition) is 1. The van der Waals surface area contributed by atoms with Gasteiger partial charge in [-0.2, -0.15) is 0 Å². The lowest BCUT2D eigenvalue weighted by atomic mass is 10.2. The highest BCUT2D eigenvalue weighted by atomic mass is 35.5. The van der Waals surface area contributed by atoms with E-state index >= 15 is 0 Å². The van der Waals surface area contributed by atoms with Gasteiger partial charge in [-0.05, 0) is 18.6 Å². The predicted molar refractivity (Wildman–Crippen MR) is 60.6 cm³/mol. The molecule has 3 nitrogen and oxygen atoms in total. The van der Waals surface area contributed by atoms with Crippen molar-refractivity contribution in [2.45, 2.75) is 12.2 Å². The molecular formula is C10H12ClFO3S. The molecule has 0 fully saturated rings. The molecule has 0 atom stereocenters. The van der Waals surface area contributed by atoms with E-state index in [2.05, 4.69) is 0 Å². The van der Waals surface area contributed by atoms with Crippen molar-refractivity contribution in [3.63, 3.8) is 0 Å². The van der Waals surface area contributed by atoms with Crippen molar-refractivity contribution in [3.05, 3.63) is 34.6 Å². The zero-order valence-electron chi connectivity index (χ0n) is 8.49. The first-order valence-electron chi connectivity index (χ1n) is 4.70. The molecule has 1 aromatic rings. The molecule has 0 saturated carbocycles. The molecule has 1 N–H and O–H groups in total. The average molecular weight is 267 g/mol. The van der Waals surface area contributed by atoms with Crippen molar-refractivity contribution in [1.29, 1.82) is 0 Å². The summed E-state index contributed by atoms with van der Waals surface area (Å²) in [5.41, 5.74) is -0.0119. The topological polar surface area (TPSA) is 54.4 Å². The van der Waals surface area contributed by atoms with Gasteiger partial charge in [-0.15, -0.1) is 0 Å². The first-order valence-corrected chi connectivity index (χ1v) is 6.90. The van der Waals surface area contributed by atoms with E-state index in [0.717, 1.165) is 0 Å². The summed E-state index contributed by atoms with van der Waals surface area (Å²) in [7, 11) is -3.43. The minimum atomic E-state index is -3.43. The zero-order valence-corrected chi connectivity index (χ0v) is 10.1.